The maximum atomic E-state index is 9.47. The Morgan fingerprint density at radius 3 is 2.30 bits per heavy atom. The van der Waals surface area contributed by atoms with Crippen molar-refractivity contribution in [3.8, 4) is 12.3 Å². The van der Waals surface area contributed by atoms with E-state index < -0.39 is 14.1 Å². The molecule has 1 N–H and O–H groups in total. The summed E-state index contributed by atoms with van der Waals surface area (Å²) in [5, 5.41) is 9.62. The van der Waals surface area contributed by atoms with Crippen LogP contribution in [0.15, 0.2) is 0 Å². The van der Waals surface area contributed by atoms with Gasteiger partial charge < -0.3 is 19.0 Å². The first-order chi connectivity index (χ1) is 10.4. The zero-order valence-electron chi connectivity index (χ0n) is 15.8. The summed E-state index contributed by atoms with van der Waals surface area (Å²) in [4.78, 5) is 0. The Hall–Kier alpha value is -0.383. The van der Waals surface area contributed by atoms with Gasteiger partial charge in [0.05, 0.1) is 18.8 Å². The summed E-state index contributed by atoms with van der Waals surface area (Å²) in [5.74, 6) is 2.10. The van der Waals surface area contributed by atoms with Crippen LogP contribution in [-0.2, 0) is 13.9 Å². The average molecular weight is 343 g/mol. The first kappa shape index (κ1) is 20.7. The van der Waals surface area contributed by atoms with Crippen LogP contribution in [0, 0.1) is 12.3 Å². The Bertz CT molecular complexity index is 420. The summed E-state index contributed by atoms with van der Waals surface area (Å²) in [5.41, 5.74) is 0. The van der Waals surface area contributed by atoms with Crippen LogP contribution < -0.4 is 0 Å². The van der Waals surface area contributed by atoms with Crippen molar-refractivity contribution in [2.75, 3.05) is 6.61 Å². The summed E-state index contributed by atoms with van der Waals surface area (Å²) in [6.07, 6.45) is 7.37. The number of hydrogen-bond donors (Lipinski definition) is 1. The lowest BCUT2D eigenvalue weighted by Gasteiger charge is -2.39. The van der Waals surface area contributed by atoms with Gasteiger partial charge in [0, 0.05) is 6.42 Å². The molecule has 0 aliphatic carbocycles. The number of terminal acetylenes is 1. The minimum absolute atomic E-state index is 0.0308. The molecule has 0 bridgehead atoms. The van der Waals surface area contributed by atoms with Gasteiger partial charge in [0.2, 0.25) is 0 Å². The smallest absolute Gasteiger partial charge is 0.192 e. The van der Waals surface area contributed by atoms with Gasteiger partial charge in [0.25, 0.3) is 0 Å². The molecule has 134 valence electrons. The van der Waals surface area contributed by atoms with E-state index >= 15 is 0 Å². The number of rotatable bonds is 7. The Balaban J connectivity index is 2.65. The molecule has 4 nitrogen and oxygen atoms in total. The van der Waals surface area contributed by atoms with Gasteiger partial charge in [-0.3, -0.25) is 0 Å². The summed E-state index contributed by atoms with van der Waals surface area (Å²) in [6.45, 7) is 14.9. The summed E-state index contributed by atoms with van der Waals surface area (Å²) < 4.78 is 18.1. The minimum atomic E-state index is -1.85. The molecule has 1 fully saturated rings. The van der Waals surface area contributed by atoms with E-state index in [1.54, 1.807) is 0 Å². The number of ether oxygens (including phenoxy) is 2. The van der Waals surface area contributed by atoms with Gasteiger partial charge in [-0.25, -0.2) is 0 Å². The van der Waals surface area contributed by atoms with E-state index in [1.807, 2.05) is 13.8 Å². The van der Waals surface area contributed by atoms with Crippen LogP contribution in [0.2, 0.25) is 18.1 Å². The van der Waals surface area contributed by atoms with Gasteiger partial charge in [0.1, 0.15) is 6.10 Å². The number of aliphatic hydroxyl groups is 1. The van der Waals surface area contributed by atoms with Crippen molar-refractivity contribution in [1.29, 1.82) is 0 Å². The lowest BCUT2D eigenvalue weighted by Crippen LogP contribution is -2.44. The van der Waals surface area contributed by atoms with Crippen LogP contribution in [0.25, 0.3) is 0 Å². The van der Waals surface area contributed by atoms with Gasteiger partial charge >= 0.3 is 0 Å². The fourth-order valence-electron chi connectivity index (χ4n) is 2.59. The van der Waals surface area contributed by atoms with Crippen molar-refractivity contribution >= 4 is 8.32 Å². The highest BCUT2D eigenvalue weighted by Gasteiger charge is 2.42. The van der Waals surface area contributed by atoms with Gasteiger partial charge in [-0.05, 0) is 44.8 Å². The molecule has 23 heavy (non-hydrogen) atoms. The molecule has 3 atom stereocenters. The van der Waals surface area contributed by atoms with Crippen LogP contribution in [0.5, 0.6) is 0 Å². The number of hydrogen-bond acceptors (Lipinski definition) is 4. The average Bonchev–Trinajstić information content (AvgIpc) is 2.69. The summed E-state index contributed by atoms with van der Waals surface area (Å²) in [7, 11) is -1.85. The van der Waals surface area contributed by atoms with Crippen molar-refractivity contribution in [3.05, 3.63) is 0 Å². The van der Waals surface area contributed by atoms with Crippen molar-refractivity contribution in [2.24, 2.45) is 0 Å². The molecular formula is C18H34O4Si. The molecule has 0 aromatic rings. The molecule has 5 heteroatoms. The first-order valence-corrected chi connectivity index (χ1v) is 11.4. The molecule has 0 aromatic carbocycles. The fraction of sp³-hybridized carbons (Fsp3) is 0.889. The largest absolute Gasteiger partial charge is 0.413 e. The fourth-order valence-corrected chi connectivity index (χ4v) is 3.97. The summed E-state index contributed by atoms with van der Waals surface area (Å²) in [6, 6.07) is 0. The molecule has 1 heterocycles. The van der Waals surface area contributed by atoms with E-state index in [4.69, 9.17) is 20.3 Å². The van der Waals surface area contributed by atoms with Crippen LogP contribution >= 0.6 is 0 Å². The second kappa shape index (κ2) is 7.67. The zero-order valence-corrected chi connectivity index (χ0v) is 16.8. The second-order valence-corrected chi connectivity index (χ2v) is 13.1. The number of aliphatic hydroxyl groups excluding tert-OH is 1. The third kappa shape index (κ3) is 5.88. The third-order valence-electron chi connectivity index (χ3n) is 4.85. The first-order valence-electron chi connectivity index (χ1n) is 8.49. The predicted molar refractivity (Wildman–Crippen MR) is 95.7 cm³/mol. The molecule has 1 saturated heterocycles. The molecular weight excluding hydrogens is 308 g/mol. The molecule has 1 aliphatic heterocycles. The maximum absolute atomic E-state index is 9.47. The van der Waals surface area contributed by atoms with Gasteiger partial charge in [-0.1, -0.05) is 20.8 Å². The monoisotopic (exact) mass is 342 g/mol. The van der Waals surface area contributed by atoms with Crippen molar-refractivity contribution in [3.63, 3.8) is 0 Å². The maximum Gasteiger partial charge on any atom is 0.192 e. The third-order valence-corrected chi connectivity index (χ3v) is 9.39. The Morgan fingerprint density at radius 2 is 1.83 bits per heavy atom. The van der Waals surface area contributed by atoms with E-state index in [9.17, 15) is 5.11 Å². The normalized spacial score (nSPS) is 26.0. The SMILES string of the molecule is C#CCC(CCC1OC(C)(C)OC1CO)O[Si](C)(C)C(C)(C)C. The predicted octanol–water partition coefficient (Wildman–Crippen LogP) is 3.69. The zero-order chi connectivity index (χ0) is 17.9. The van der Waals surface area contributed by atoms with Gasteiger partial charge in [-0.15, -0.1) is 12.3 Å². The lowest BCUT2D eigenvalue weighted by molar-refractivity contribution is -0.149. The molecule has 0 saturated carbocycles. The highest BCUT2D eigenvalue weighted by molar-refractivity contribution is 6.74. The second-order valence-electron chi connectivity index (χ2n) is 8.38. The molecule has 0 spiro atoms. The molecule has 1 aliphatic rings. The van der Waals surface area contributed by atoms with Crippen LogP contribution in [-0.4, -0.2) is 44.1 Å². The Kier molecular flexibility index (Phi) is 6.89. The van der Waals surface area contributed by atoms with Crippen LogP contribution in [0.3, 0.4) is 0 Å². The van der Waals surface area contributed by atoms with Crippen molar-refractivity contribution in [1.82, 2.24) is 0 Å². The minimum Gasteiger partial charge on any atom is -0.413 e. The standard InChI is InChI=1S/C18H34O4Si/c1-9-10-14(22-23(7,8)17(2,3)4)11-12-15-16(13-19)21-18(5,6)20-15/h1,14-16,19H,10-13H2,2-8H3. The summed E-state index contributed by atoms with van der Waals surface area (Å²) >= 11 is 0. The van der Waals surface area contributed by atoms with E-state index in [1.165, 1.54) is 0 Å². The highest BCUT2D eigenvalue weighted by atomic mass is 28.4. The topological polar surface area (TPSA) is 47.9 Å². The van der Waals surface area contributed by atoms with E-state index in [2.05, 4.69) is 39.8 Å². The van der Waals surface area contributed by atoms with E-state index in [0.29, 0.717) is 6.42 Å². The molecule has 0 radical (unpaired) electrons. The molecule has 0 amide bonds. The van der Waals surface area contributed by atoms with Crippen LogP contribution in [0.4, 0.5) is 0 Å². The van der Waals surface area contributed by atoms with Crippen molar-refractivity contribution in [2.45, 2.75) is 96.1 Å². The van der Waals surface area contributed by atoms with E-state index in [-0.39, 0.29) is 30.0 Å². The van der Waals surface area contributed by atoms with E-state index in [0.717, 1.165) is 12.8 Å². The highest BCUT2D eigenvalue weighted by Crippen LogP contribution is 2.38. The van der Waals surface area contributed by atoms with Gasteiger partial charge in [-0.2, -0.15) is 0 Å². The van der Waals surface area contributed by atoms with Crippen molar-refractivity contribution < 1.29 is 19.0 Å². The van der Waals surface area contributed by atoms with Crippen LogP contribution in [0.1, 0.15) is 53.9 Å². The molecule has 3 unspecified atom stereocenters. The lowest BCUT2D eigenvalue weighted by atomic mass is 10.0. The molecule has 0 aromatic heterocycles. The quantitative estimate of drug-likeness (QED) is 0.566. The molecule has 1 rings (SSSR count). The Morgan fingerprint density at radius 1 is 1.26 bits per heavy atom. The van der Waals surface area contributed by atoms with Gasteiger partial charge in [0.15, 0.2) is 14.1 Å². The Labute approximate surface area is 143 Å².